The molecule has 1 heterocycles. The predicted octanol–water partition coefficient (Wildman–Crippen LogP) is 2.39. The number of nitrogens with one attached hydrogen (secondary N) is 1. The first-order valence-electron chi connectivity index (χ1n) is 5.05. The molecule has 0 aromatic heterocycles. The Kier molecular flexibility index (Phi) is 2.33. The van der Waals surface area contributed by atoms with E-state index in [1.54, 1.807) is 0 Å². The zero-order valence-electron chi connectivity index (χ0n) is 9.00. The Bertz CT molecular complexity index is 333. The standard InChI is InChI=1S/C12H17NO/c1-9-6-4-5-7-10(9)11-13-8-12(2,3)14-11/h4-7,11,13H,8H2,1-3H3. The monoisotopic (exact) mass is 191 g/mol. The van der Waals surface area contributed by atoms with Gasteiger partial charge in [-0.25, -0.2) is 0 Å². The van der Waals surface area contributed by atoms with Gasteiger partial charge in [-0.15, -0.1) is 0 Å². The van der Waals surface area contributed by atoms with Crippen molar-refractivity contribution in [2.24, 2.45) is 0 Å². The van der Waals surface area contributed by atoms with Gasteiger partial charge >= 0.3 is 0 Å². The number of benzene rings is 1. The number of hydrogen-bond donors (Lipinski definition) is 1. The lowest BCUT2D eigenvalue weighted by Gasteiger charge is -2.18. The second-order valence-corrected chi connectivity index (χ2v) is 4.50. The molecule has 1 unspecified atom stereocenters. The topological polar surface area (TPSA) is 21.3 Å². The molecule has 1 fully saturated rings. The summed E-state index contributed by atoms with van der Waals surface area (Å²) in [5, 5.41) is 3.38. The Hall–Kier alpha value is -0.860. The highest BCUT2D eigenvalue weighted by Gasteiger charge is 2.32. The summed E-state index contributed by atoms with van der Waals surface area (Å²) in [5.74, 6) is 0. The van der Waals surface area contributed by atoms with Crippen molar-refractivity contribution in [1.82, 2.24) is 5.32 Å². The van der Waals surface area contributed by atoms with Crippen molar-refractivity contribution < 1.29 is 4.74 Å². The number of hydrogen-bond acceptors (Lipinski definition) is 2. The molecule has 1 aliphatic rings. The largest absolute Gasteiger partial charge is 0.352 e. The van der Waals surface area contributed by atoms with Crippen LogP contribution in [0.15, 0.2) is 24.3 Å². The number of rotatable bonds is 1. The van der Waals surface area contributed by atoms with E-state index in [-0.39, 0.29) is 11.8 Å². The minimum Gasteiger partial charge on any atom is -0.352 e. The molecule has 0 saturated carbocycles. The molecule has 2 rings (SSSR count). The van der Waals surface area contributed by atoms with Gasteiger partial charge in [0.05, 0.1) is 5.60 Å². The van der Waals surface area contributed by atoms with Crippen LogP contribution in [0, 0.1) is 6.92 Å². The fourth-order valence-corrected chi connectivity index (χ4v) is 1.80. The van der Waals surface area contributed by atoms with Crippen molar-refractivity contribution in [1.29, 1.82) is 0 Å². The minimum absolute atomic E-state index is 0.0487. The highest BCUT2D eigenvalue weighted by molar-refractivity contribution is 5.28. The molecule has 1 saturated heterocycles. The second kappa shape index (κ2) is 3.37. The van der Waals surface area contributed by atoms with E-state index in [2.05, 4.69) is 50.4 Å². The van der Waals surface area contributed by atoms with Crippen molar-refractivity contribution >= 4 is 0 Å². The summed E-state index contributed by atoms with van der Waals surface area (Å²) in [5.41, 5.74) is 2.48. The molecule has 1 atom stereocenters. The molecule has 1 aromatic rings. The van der Waals surface area contributed by atoms with Gasteiger partial charge in [-0.2, -0.15) is 0 Å². The quantitative estimate of drug-likeness (QED) is 0.736. The molecule has 0 aliphatic carbocycles. The molecule has 1 aromatic carbocycles. The van der Waals surface area contributed by atoms with Crippen LogP contribution in [0.2, 0.25) is 0 Å². The molecular weight excluding hydrogens is 174 g/mol. The van der Waals surface area contributed by atoms with E-state index in [0.29, 0.717) is 0 Å². The summed E-state index contributed by atoms with van der Waals surface area (Å²) < 4.78 is 5.90. The molecule has 2 nitrogen and oxygen atoms in total. The second-order valence-electron chi connectivity index (χ2n) is 4.50. The van der Waals surface area contributed by atoms with Crippen molar-refractivity contribution in [3.63, 3.8) is 0 Å². The predicted molar refractivity (Wildman–Crippen MR) is 57.1 cm³/mol. The third-order valence-corrected chi connectivity index (χ3v) is 2.62. The third-order valence-electron chi connectivity index (χ3n) is 2.62. The molecule has 0 spiro atoms. The van der Waals surface area contributed by atoms with E-state index in [9.17, 15) is 0 Å². The van der Waals surface area contributed by atoms with E-state index < -0.39 is 0 Å². The van der Waals surface area contributed by atoms with Gasteiger partial charge in [0.1, 0.15) is 6.23 Å². The fourth-order valence-electron chi connectivity index (χ4n) is 1.80. The maximum absolute atomic E-state index is 5.90. The number of ether oxygens (including phenoxy) is 1. The highest BCUT2D eigenvalue weighted by Crippen LogP contribution is 2.29. The van der Waals surface area contributed by atoms with Gasteiger partial charge in [0.15, 0.2) is 0 Å². The maximum Gasteiger partial charge on any atom is 0.135 e. The van der Waals surface area contributed by atoms with E-state index >= 15 is 0 Å². The summed E-state index contributed by atoms with van der Waals surface area (Å²) in [6.07, 6.45) is 0.0613. The molecule has 76 valence electrons. The highest BCUT2D eigenvalue weighted by atomic mass is 16.5. The zero-order chi connectivity index (χ0) is 10.2. The lowest BCUT2D eigenvalue weighted by atomic mass is 10.1. The maximum atomic E-state index is 5.90. The van der Waals surface area contributed by atoms with E-state index in [1.807, 2.05) is 0 Å². The lowest BCUT2D eigenvalue weighted by molar-refractivity contribution is -0.0158. The van der Waals surface area contributed by atoms with Crippen molar-refractivity contribution in [2.75, 3.05) is 6.54 Å². The van der Waals surface area contributed by atoms with Crippen LogP contribution in [0.5, 0.6) is 0 Å². The molecular formula is C12H17NO. The van der Waals surface area contributed by atoms with Crippen LogP contribution in [-0.2, 0) is 4.74 Å². The first-order valence-corrected chi connectivity index (χ1v) is 5.05. The summed E-state index contributed by atoms with van der Waals surface area (Å²) in [6, 6.07) is 8.34. The zero-order valence-corrected chi connectivity index (χ0v) is 9.00. The Balaban J connectivity index is 2.22. The molecule has 0 bridgehead atoms. The smallest absolute Gasteiger partial charge is 0.135 e. The first kappa shape index (κ1) is 9.69. The summed E-state index contributed by atoms with van der Waals surface area (Å²) >= 11 is 0. The van der Waals surface area contributed by atoms with Crippen LogP contribution < -0.4 is 5.32 Å². The van der Waals surface area contributed by atoms with Crippen LogP contribution in [0.4, 0.5) is 0 Å². The lowest BCUT2D eigenvalue weighted by Crippen LogP contribution is -2.23. The van der Waals surface area contributed by atoms with Gasteiger partial charge in [-0.3, -0.25) is 5.32 Å². The Morgan fingerprint density at radius 3 is 2.64 bits per heavy atom. The van der Waals surface area contributed by atoms with E-state index in [1.165, 1.54) is 11.1 Å². The fraction of sp³-hybridized carbons (Fsp3) is 0.500. The Morgan fingerprint density at radius 2 is 2.07 bits per heavy atom. The van der Waals surface area contributed by atoms with Crippen LogP contribution >= 0.6 is 0 Å². The van der Waals surface area contributed by atoms with Gasteiger partial charge in [-0.1, -0.05) is 24.3 Å². The molecule has 1 N–H and O–H groups in total. The third kappa shape index (κ3) is 1.81. The molecule has 14 heavy (non-hydrogen) atoms. The normalized spacial score (nSPS) is 25.2. The van der Waals surface area contributed by atoms with Gasteiger partial charge in [-0.05, 0) is 31.9 Å². The summed E-state index contributed by atoms with van der Waals surface area (Å²) in [4.78, 5) is 0. The minimum atomic E-state index is -0.0487. The van der Waals surface area contributed by atoms with Crippen LogP contribution in [0.3, 0.4) is 0 Å². The first-order chi connectivity index (χ1) is 6.58. The van der Waals surface area contributed by atoms with Crippen molar-refractivity contribution in [3.8, 4) is 0 Å². The summed E-state index contributed by atoms with van der Waals surface area (Å²) in [6.45, 7) is 7.24. The van der Waals surface area contributed by atoms with Crippen LogP contribution in [-0.4, -0.2) is 12.1 Å². The average molecular weight is 191 g/mol. The molecule has 2 heteroatoms. The number of aryl methyl sites for hydroxylation is 1. The van der Waals surface area contributed by atoms with E-state index in [4.69, 9.17) is 4.74 Å². The van der Waals surface area contributed by atoms with Crippen molar-refractivity contribution in [2.45, 2.75) is 32.6 Å². The summed E-state index contributed by atoms with van der Waals surface area (Å²) in [7, 11) is 0. The SMILES string of the molecule is Cc1ccccc1C1NCC(C)(C)O1. The van der Waals surface area contributed by atoms with Crippen molar-refractivity contribution in [3.05, 3.63) is 35.4 Å². The molecule has 0 amide bonds. The van der Waals surface area contributed by atoms with Crippen LogP contribution in [0.1, 0.15) is 31.2 Å². The Morgan fingerprint density at radius 1 is 1.36 bits per heavy atom. The molecule has 0 radical (unpaired) electrons. The Labute approximate surface area is 85.3 Å². The molecule has 1 aliphatic heterocycles. The van der Waals surface area contributed by atoms with Crippen LogP contribution in [0.25, 0.3) is 0 Å². The average Bonchev–Trinajstić information content (AvgIpc) is 2.47. The van der Waals surface area contributed by atoms with Gasteiger partial charge in [0, 0.05) is 6.54 Å². The van der Waals surface area contributed by atoms with Gasteiger partial charge in [0.2, 0.25) is 0 Å². The van der Waals surface area contributed by atoms with E-state index in [0.717, 1.165) is 6.54 Å². The van der Waals surface area contributed by atoms with Gasteiger partial charge in [0.25, 0.3) is 0 Å². The van der Waals surface area contributed by atoms with Gasteiger partial charge < -0.3 is 4.74 Å².